The predicted octanol–water partition coefficient (Wildman–Crippen LogP) is 25.5. The van der Waals surface area contributed by atoms with Crippen molar-refractivity contribution >= 4 is 17.9 Å². The van der Waals surface area contributed by atoms with E-state index >= 15 is 0 Å². The summed E-state index contributed by atoms with van der Waals surface area (Å²) < 4.78 is 17.0. The van der Waals surface area contributed by atoms with Gasteiger partial charge in [-0.25, -0.2) is 0 Å². The zero-order valence-corrected chi connectivity index (χ0v) is 55.5. The number of hydrogen-bond donors (Lipinski definition) is 0. The highest BCUT2D eigenvalue weighted by Gasteiger charge is 2.20. The Balaban J connectivity index is 4.29. The fourth-order valence-electron chi connectivity index (χ4n) is 11.3. The molecule has 482 valence electrons. The van der Waals surface area contributed by atoms with Crippen LogP contribution >= 0.6 is 0 Å². The quantitative estimate of drug-likeness (QED) is 0.0261. The van der Waals surface area contributed by atoms with Gasteiger partial charge in [0.25, 0.3) is 0 Å². The Hall–Kier alpha value is -2.37. The Morgan fingerprint density at radius 2 is 0.439 bits per heavy atom. The molecule has 0 aromatic rings. The van der Waals surface area contributed by atoms with Crippen LogP contribution in [0.5, 0.6) is 0 Å². The van der Waals surface area contributed by atoms with Gasteiger partial charge in [0, 0.05) is 19.3 Å². The summed E-state index contributed by atoms with van der Waals surface area (Å²) in [5, 5.41) is 0. The second kappa shape index (κ2) is 71.1. The van der Waals surface area contributed by atoms with Crippen LogP contribution in [0.3, 0.4) is 0 Å². The molecule has 6 heteroatoms. The highest BCUT2D eigenvalue weighted by molar-refractivity contribution is 5.71. The summed E-state index contributed by atoms with van der Waals surface area (Å²) in [6, 6.07) is 0. The standard InChI is InChI=1S/C76H142O6/c1-4-7-10-13-16-19-22-25-28-31-33-35-37-39-40-42-45-48-51-54-57-60-63-66-69-75(78)81-72-73(71-80-74(77)68-65-62-59-56-53-50-47-44-30-27-24-21-18-15-12-9-6-3)82-76(79)70-67-64-61-58-55-52-49-46-43-41-38-36-34-32-29-26-23-20-17-14-11-8-5-2/h18,21,27,30,32,34,73H,4-17,19-20,22-26,28-29,31,33,35-72H2,1-3H3/b21-18-,30-27-,34-32-. The molecule has 0 amide bonds. The summed E-state index contributed by atoms with van der Waals surface area (Å²) in [5.74, 6) is -0.847. The van der Waals surface area contributed by atoms with E-state index in [-0.39, 0.29) is 31.1 Å². The molecule has 0 aliphatic carbocycles. The number of carbonyl (C=O) groups excluding carboxylic acids is 3. The summed E-state index contributed by atoms with van der Waals surface area (Å²) in [5.41, 5.74) is 0. The number of unbranched alkanes of at least 4 members (excludes halogenated alkanes) is 52. The maximum atomic E-state index is 13.0. The van der Waals surface area contributed by atoms with Crippen LogP contribution in [-0.4, -0.2) is 37.2 Å². The first-order valence-electron chi connectivity index (χ1n) is 37.0. The minimum atomic E-state index is -0.775. The van der Waals surface area contributed by atoms with E-state index < -0.39 is 6.10 Å². The normalized spacial score (nSPS) is 12.2. The molecule has 0 saturated heterocycles. The fraction of sp³-hybridized carbons (Fsp3) is 0.882. The average Bonchev–Trinajstić information content (AvgIpc) is 3.47. The van der Waals surface area contributed by atoms with Crippen LogP contribution in [0.1, 0.15) is 412 Å². The molecule has 0 aliphatic rings. The van der Waals surface area contributed by atoms with Crippen molar-refractivity contribution in [3.63, 3.8) is 0 Å². The average molecular weight is 1150 g/mol. The van der Waals surface area contributed by atoms with Gasteiger partial charge in [-0.1, -0.05) is 353 Å². The summed E-state index contributed by atoms with van der Waals surface area (Å²) >= 11 is 0. The van der Waals surface area contributed by atoms with Crippen LogP contribution in [-0.2, 0) is 28.6 Å². The summed E-state index contributed by atoms with van der Waals surface area (Å²) in [7, 11) is 0. The van der Waals surface area contributed by atoms with Gasteiger partial charge in [-0.15, -0.1) is 0 Å². The molecule has 0 N–H and O–H groups in total. The summed E-state index contributed by atoms with van der Waals surface area (Å²) in [6.07, 6.45) is 88.9. The van der Waals surface area contributed by atoms with E-state index in [1.807, 2.05) is 0 Å². The molecule has 0 fully saturated rings. The van der Waals surface area contributed by atoms with Crippen molar-refractivity contribution in [2.45, 2.75) is 419 Å². The topological polar surface area (TPSA) is 78.9 Å². The Bertz CT molecular complexity index is 1370. The van der Waals surface area contributed by atoms with Crippen molar-refractivity contribution in [1.82, 2.24) is 0 Å². The molecule has 0 saturated carbocycles. The van der Waals surface area contributed by atoms with Gasteiger partial charge in [0.1, 0.15) is 13.2 Å². The van der Waals surface area contributed by atoms with Crippen LogP contribution in [0.15, 0.2) is 36.5 Å². The lowest BCUT2D eigenvalue weighted by molar-refractivity contribution is -0.167. The number of rotatable bonds is 69. The summed E-state index contributed by atoms with van der Waals surface area (Å²) in [6.45, 7) is 6.69. The molecule has 0 bridgehead atoms. The van der Waals surface area contributed by atoms with E-state index in [9.17, 15) is 14.4 Å². The van der Waals surface area contributed by atoms with E-state index in [0.717, 1.165) is 70.6 Å². The second-order valence-corrected chi connectivity index (χ2v) is 25.2. The molecule has 0 aromatic carbocycles. The van der Waals surface area contributed by atoms with Crippen molar-refractivity contribution in [2.75, 3.05) is 13.2 Å². The van der Waals surface area contributed by atoms with Gasteiger partial charge in [0.15, 0.2) is 6.10 Å². The van der Waals surface area contributed by atoms with Crippen LogP contribution in [0.25, 0.3) is 0 Å². The van der Waals surface area contributed by atoms with Gasteiger partial charge in [0.2, 0.25) is 0 Å². The van der Waals surface area contributed by atoms with Crippen molar-refractivity contribution in [2.24, 2.45) is 0 Å². The Morgan fingerprint density at radius 1 is 0.244 bits per heavy atom. The molecule has 0 aromatic heterocycles. The van der Waals surface area contributed by atoms with Gasteiger partial charge in [-0.05, 0) is 77.0 Å². The van der Waals surface area contributed by atoms with Gasteiger partial charge in [0.05, 0.1) is 0 Å². The third-order valence-electron chi connectivity index (χ3n) is 16.9. The van der Waals surface area contributed by atoms with Crippen molar-refractivity contribution < 1.29 is 28.6 Å². The highest BCUT2D eigenvalue weighted by Crippen LogP contribution is 2.19. The smallest absolute Gasteiger partial charge is 0.306 e. The zero-order chi connectivity index (χ0) is 59.2. The van der Waals surface area contributed by atoms with E-state index in [1.54, 1.807) is 0 Å². The van der Waals surface area contributed by atoms with Crippen molar-refractivity contribution in [3.05, 3.63) is 36.5 Å². The Kier molecular flexibility index (Phi) is 69.1. The summed E-state index contributed by atoms with van der Waals surface area (Å²) in [4.78, 5) is 38.5. The first kappa shape index (κ1) is 79.6. The maximum Gasteiger partial charge on any atom is 0.306 e. The molecular weight excluding hydrogens is 1010 g/mol. The van der Waals surface area contributed by atoms with E-state index in [2.05, 4.69) is 57.2 Å². The van der Waals surface area contributed by atoms with Crippen LogP contribution in [0.4, 0.5) is 0 Å². The molecule has 0 heterocycles. The second-order valence-electron chi connectivity index (χ2n) is 25.2. The number of allylic oxidation sites excluding steroid dienone is 6. The number of carbonyl (C=O) groups is 3. The molecule has 1 unspecified atom stereocenters. The Morgan fingerprint density at radius 3 is 0.707 bits per heavy atom. The molecule has 0 spiro atoms. The molecule has 82 heavy (non-hydrogen) atoms. The number of esters is 3. The lowest BCUT2D eigenvalue weighted by atomic mass is 10.0. The lowest BCUT2D eigenvalue weighted by Crippen LogP contribution is -2.30. The first-order valence-corrected chi connectivity index (χ1v) is 37.0. The van der Waals surface area contributed by atoms with Crippen molar-refractivity contribution in [1.29, 1.82) is 0 Å². The highest BCUT2D eigenvalue weighted by atomic mass is 16.6. The van der Waals surface area contributed by atoms with Crippen LogP contribution in [0, 0.1) is 0 Å². The van der Waals surface area contributed by atoms with E-state index in [0.29, 0.717) is 19.3 Å². The van der Waals surface area contributed by atoms with Gasteiger partial charge in [-0.2, -0.15) is 0 Å². The number of hydrogen-bond acceptors (Lipinski definition) is 6. The predicted molar refractivity (Wildman–Crippen MR) is 358 cm³/mol. The molecule has 0 rings (SSSR count). The van der Waals surface area contributed by atoms with Gasteiger partial charge in [-0.3, -0.25) is 14.4 Å². The van der Waals surface area contributed by atoms with Crippen LogP contribution in [0.2, 0.25) is 0 Å². The van der Waals surface area contributed by atoms with Crippen molar-refractivity contribution in [3.8, 4) is 0 Å². The lowest BCUT2D eigenvalue weighted by Gasteiger charge is -2.18. The van der Waals surface area contributed by atoms with E-state index in [4.69, 9.17) is 14.2 Å². The zero-order valence-electron chi connectivity index (χ0n) is 55.5. The number of ether oxygens (including phenoxy) is 3. The van der Waals surface area contributed by atoms with Gasteiger partial charge >= 0.3 is 17.9 Å². The maximum absolute atomic E-state index is 13.0. The molecular formula is C76H142O6. The Labute approximate surface area is 512 Å². The van der Waals surface area contributed by atoms with E-state index in [1.165, 1.54) is 302 Å². The fourth-order valence-corrected chi connectivity index (χ4v) is 11.3. The third-order valence-corrected chi connectivity index (χ3v) is 16.9. The molecule has 0 aliphatic heterocycles. The largest absolute Gasteiger partial charge is 0.462 e. The van der Waals surface area contributed by atoms with Gasteiger partial charge < -0.3 is 14.2 Å². The third kappa shape index (κ3) is 68.4. The minimum Gasteiger partial charge on any atom is -0.462 e. The molecule has 6 nitrogen and oxygen atoms in total. The minimum absolute atomic E-state index is 0.0698. The SMILES string of the molecule is CCCCC/C=C\C/C=C\CCCCCCCCCC(=O)OCC(COC(=O)CCCCCCCCCCCCCCCCCCCCCCCCCC)OC(=O)CCCCCCCCCCCCC/C=C\CCCCCCCCCC. The van der Waals surface area contributed by atoms with Crippen LogP contribution < -0.4 is 0 Å². The first-order chi connectivity index (χ1) is 40.5. The molecule has 1 atom stereocenters. The molecule has 0 radical (unpaired) electrons. The monoisotopic (exact) mass is 1150 g/mol.